The lowest BCUT2D eigenvalue weighted by Gasteiger charge is -2.20. The van der Waals surface area contributed by atoms with Crippen LogP contribution in [-0.4, -0.2) is 35.8 Å². The Morgan fingerprint density at radius 3 is 2.41 bits per heavy atom. The lowest BCUT2D eigenvalue weighted by molar-refractivity contribution is -0.123. The van der Waals surface area contributed by atoms with Crippen molar-refractivity contribution in [3.8, 4) is 0 Å². The number of hydrogen-bond donors (Lipinski definition) is 3. The van der Waals surface area contributed by atoms with Crippen molar-refractivity contribution in [2.45, 2.75) is 57.9 Å². The van der Waals surface area contributed by atoms with Crippen molar-refractivity contribution < 1.29 is 14.4 Å². The van der Waals surface area contributed by atoms with Gasteiger partial charge in [-0.2, -0.15) is 11.8 Å². The number of hydrazine groups is 1. The van der Waals surface area contributed by atoms with Crippen LogP contribution in [0.25, 0.3) is 0 Å². The van der Waals surface area contributed by atoms with Crippen LogP contribution in [-0.2, 0) is 23.1 Å². The molecule has 1 aromatic heterocycles. The minimum atomic E-state index is -0.745. The third kappa shape index (κ3) is 6.13. The third-order valence-corrected chi connectivity index (χ3v) is 7.40. The summed E-state index contributed by atoms with van der Waals surface area (Å²) >= 11 is 3.07. The molecule has 1 heterocycles. The Morgan fingerprint density at radius 1 is 1.06 bits per heavy atom. The number of carbonyl (C=O) groups excluding carboxylic acids is 3. The molecule has 6 nitrogen and oxygen atoms in total. The van der Waals surface area contributed by atoms with E-state index in [2.05, 4.69) is 36.9 Å². The van der Waals surface area contributed by atoms with Crippen molar-refractivity contribution in [2.75, 3.05) is 12.0 Å². The Labute approximate surface area is 197 Å². The quantitative estimate of drug-likeness (QED) is 0.533. The standard InChI is InChI=1S/C24H31N3O3S2/c1-24(2,3)17-10-8-15(9-11-17)21(28)25-18(12-13-31-4)22(29)26-27-23(30)20-14-16-6-5-7-19(16)32-20/h8-11,14,18H,5-7,12-13H2,1-4H3,(H,25,28)(H,26,29)(H,27,30). The normalized spacial score (nSPS) is 13.9. The summed E-state index contributed by atoms with van der Waals surface area (Å²) in [6.07, 6.45) is 5.56. The summed E-state index contributed by atoms with van der Waals surface area (Å²) in [4.78, 5) is 39.8. The number of hydrogen-bond acceptors (Lipinski definition) is 5. The molecule has 172 valence electrons. The molecule has 0 fully saturated rings. The van der Waals surface area contributed by atoms with Crippen molar-refractivity contribution in [1.29, 1.82) is 0 Å². The predicted octanol–water partition coefficient (Wildman–Crippen LogP) is 3.85. The van der Waals surface area contributed by atoms with Gasteiger partial charge in [0.25, 0.3) is 17.7 Å². The molecule has 1 atom stereocenters. The molecular formula is C24H31N3O3S2. The number of fused-ring (bicyclic) bond motifs is 1. The SMILES string of the molecule is CSCCC(NC(=O)c1ccc(C(C)(C)C)cc1)C(=O)NNC(=O)c1cc2c(s1)CCC2. The smallest absolute Gasteiger partial charge is 0.279 e. The first-order chi connectivity index (χ1) is 15.2. The number of carbonyl (C=O) groups is 3. The summed E-state index contributed by atoms with van der Waals surface area (Å²) in [6, 6.07) is 8.58. The second-order valence-electron chi connectivity index (χ2n) is 8.99. The van der Waals surface area contributed by atoms with Crippen molar-refractivity contribution in [2.24, 2.45) is 0 Å². The Hall–Kier alpha value is -2.32. The molecule has 0 aliphatic heterocycles. The molecule has 2 aromatic rings. The largest absolute Gasteiger partial charge is 0.340 e. The monoisotopic (exact) mass is 473 g/mol. The van der Waals surface area contributed by atoms with Crippen LogP contribution >= 0.6 is 23.1 Å². The number of aryl methyl sites for hydroxylation is 2. The topological polar surface area (TPSA) is 87.3 Å². The maximum Gasteiger partial charge on any atom is 0.279 e. The molecule has 1 unspecified atom stereocenters. The van der Waals surface area contributed by atoms with E-state index in [1.54, 1.807) is 23.9 Å². The molecule has 0 saturated carbocycles. The van der Waals surface area contributed by atoms with Gasteiger partial charge in [-0.25, -0.2) is 0 Å². The number of benzene rings is 1. The summed E-state index contributed by atoms with van der Waals surface area (Å²) < 4.78 is 0. The maximum atomic E-state index is 12.7. The van der Waals surface area contributed by atoms with E-state index >= 15 is 0 Å². The van der Waals surface area contributed by atoms with Gasteiger partial charge in [0.1, 0.15) is 6.04 Å². The molecule has 0 radical (unpaired) electrons. The molecule has 1 aromatic carbocycles. The molecule has 8 heteroatoms. The number of thiophene rings is 1. The molecule has 0 saturated heterocycles. The zero-order chi connectivity index (χ0) is 23.3. The third-order valence-electron chi connectivity index (χ3n) is 5.52. The molecule has 0 bridgehead atoms. The van der Waals surface area contributed by atoms with E-state index in [0.29, 0.717) is 22.6 Å². The van der Waals surface area contributed by atoms with Crippen LogP contribution < -0.4 is 16.2 Å². The average Bonchev–Trinajstić information content (AvgIpc) is 3.36. The average molecular weight is 474 g/mol. The van der Waals surface area contributed by atoms with Crippen LogP contribution in [0.1, 0.15) is 69.6 Å². The van der Waals surface area contributed by atoms with E-state index in [9.17, 15) is 14.4 Å². The van der Waals surface area contributed by atoms with Crippen LogP contribution in [0.2, 0.25) is 0 Å². The minimum Gasteiger partial charge on any atom is -0.340 e. The summed E-state index contributed by atoms with van der Waals surface area (Å²) in [5.41, 5.74) is 7.84. The number of rotatable bonds is 7. The molecular weight excluding hydrogens is 442 g/mol. The summed E-state index contributed by atoms with van der Waals surface area (Å²) in [5, 5.41) is 2.81. The van der Waals surface area contributed by atoms with Crippen LogP contribution in [0.4, 0.5) is 0 Å². The van der Waals surface area contributed by atoms with Gasteiger partial charge in [-0.3, -0.25) is 25.2 Å². The summed E-state index contributed by atoms with van der Waals surface area (Å²) in [5.74, 6) is -0.373. The van der Waals surface area contributed by atoms with Crippen molar-refractivity contribution in [3.63, 3.8) is 0 Å². The van der Waals surface area contributed by atoms with Crippen LogP contribution in [0.15, 0.2) is 30.3 Å². The highest BCUT2D eigenvalue weighted by Crippen LogP contribution is 2.30. The van der Waals surface area contributed by atoms with Gasteiger partial charge >= 0.3 is 0 Å². The second-order valence-corrected chi connectivity index (χ2v) is 11.1. The molecule has 3 amide bonds. The van der Waals surface area contributed by atoms with Crippen LogP contribution in [0, 0.1) is 0 Å². The first-order valence-corrected chi connectivity index (χ1v) is 13.0. The van der Waals surface area contributed by atoms with Crippen molar-refractivity contribution >= 4 is 40.8 Å². The Bertz CT molecular complexity index is 956. The lowest BCUT2D eigenvalue weighted by atomic mass is 9.86. The Balaban J connectivity index is 1.59. The fraction of sp³-hybridized carbons (Fsp3) is 0.458. The Morgan fingerprint density at radius 2 is 1.78 bits per heavy atom. The highest BCUT2D eigenvalue weighted by atomic mass is 32.2. The number of amides is 3. The van der Waals surface area contributed by atoms with E-state index in [-0.39, 0.29) is 17.2 Å². The van der Waals surface area contributed by atoms with Crippen molar-refractivity contribution in [1.82, 2.24) is 16.2 Å². The van der Waals surface area contributed by atoms with Gasteiger partial charge in [-0.05, 0) is 72.4 Å². The van der Waals surface area contributed by atoms with E-state index in [1.165, 1.54) is 21.8 Å². The maximum absolute atomic E-state index is 12.7. The predicted molar refractivity (Wildman–Crippen MR) is 131 cm³/mol. The van der Waals surface area contributed by atoms with Gasteiger partial charge in [0.05, 0.1) is 4.88 Å². The highest BCUT2D eigenvalue weighted by Gasteiger charge is 2.23. The van der Waals surface area contributed by atoms with Gasteiger partial charge in [-0.15, -0.1) is 11.3 Å². The van der Waals surface area contributed by atoms with Gasteiger partial charge in [0, 0.05) is 10.4 Å². The fourth-order valence-corrected chi connectivity index (χ4v) is 5.20. The highest BCUT2D eigenvalue weighted by molar-refractivity contribution is 7.98. The molecule has 3 rings (SSSR count). The number of nitrogens with one attached hydrogen (secondary N) is 3. The van der Waals surface area contributed by atoms with Crippen LogP contribution in [0.5, 0.6) is 0 Å². The summed E-state index contributed by atoms with van der Waals surface area (Å²) in [7, 11) is 0. The number of thioether (sulfide) groups is 1. The molecule has 0 spiro atoms. The van der Waals surface area contributed by atoms with E-state index in [4.69, 9.17) is 0 Å². The Kier molecular flexibility index (Phi) is 8.00. The first-order valence-electron chi connectivity index (χ1n) is 10.8. The second kappa shape index (κ2) is 10.5. The lowest BCUT2D eigenvalue weighted by Crippen LogP contribution is -2.52. The molecule has 1 aliphatic carbocycles. The fourth-order valence-electron chi connectivity index (χ4n) is 3.58. The van der Waals surface area contributed by atoms with E-state index in [0.717, 1.165) is 24.8 Å². The van der Waals surface area contributed by atoms with Gasteiger partial charge in [0.15, 0.2) is 0 Å². The van der Waals surface area contributed by atoms with Crippen LogP contribution in [0.3, 0.4) is 0 Å². The van der Waals surface area contributed by atoms with E-state index < -0.39 is 11.9 Å². The van der Waals surface area contributed by atoms with Gasteiger partial charge < -0.3 is 5.32 Å². The minimum absolute atomic E-state index is 0.00328. The van der Waals surface area contributed by atoms with Crippen molar-refractivity contribution in [3.05, 3.63) is 56.8 Å². The van der Waals surface area contributed by atoms with E-state index in [1.807, 2.05) is 24.5 Å². The molecule has 3 N–H and O–H groups in total. The summed E-state index contributed by atoms with van der Waals surface area (Å²) in [6.45, 7) is 6.34. The van der Waals surface area contributed by atoms with Gasteiger partial charge in [0.2, 0.25) is 0 Å². The van der Waals surface area contributed by atoms with Gasteiger partial charge in [-0.1, -0.05) is 32.9 Å². The first kappa shape index (κ1) is 24.3. The zero-order valence-electron chi connectivity index (χ0n) is 19.0. The molecule has 1 aliphatic rings. The zero-order valence-corrected chi connectivity index (χ0v) is 20.7. The molecule has 32 heavy (non-hydrogen) atoms.